The molecule has 2 rings (SSSR count). The molecule has 4 unspecified atom stereocenters. The largest absolute Gasteiger partial charge is 0.353 e. The maximum atomic E-state index is 12.0. The van der Waals surface area contributed by atoms with Gasteiger partial charge in [-0.05, 0) is 19.3 Å². The molecule has 2 heterocycles. The van der Waals surface area contributed by atoms with Gasteiger partial charge < -0.3 is 19.2 Å². The molecule has 19 heavy (non-hydrogen) atoms. The molecule has 108 valence electrons. The van der Waals surface area contributed by atoms with Gasteiger partial charge in [0.1, 0.15) is 6.29 Å². The van der Waals surface area contributed by atoms with E-state index in [1.807, 2.05) is 0 Å². The molecule has 4 atom stereocenters. The van der Waals surface area contributed by atoms with Crippen molar-refractivity contribution < 1.29 is 19.1 Å². The van der Waals surface area contributed by atoms with Gasteiger partial charge in [-0.1, -0.05) is 6.92 Å². The predicted molar refractivity (Wildman–Crippen MR) is 69.4 cm³/mol. The molecule has 2 aliphatic heterocycles. The van der Waals surface area contributed by atoms with Crippen LogP contribution < -0.4 is 0 Å². The highest BCUT2D eigenvalue weighted by Crippen LogP contribution is 2.30. The summed E-state index contributed by atoms with van der Waals surface area (Å²) >= 11 is 0. The first-order chi connectivity index (χ1) is 9.13. The topological polar surface area (TPSA) is 55.8 Å². The van der Waals surface area contributed by atoms with E-state index in [9.17, 15) is 9.59 Å². The molecule has 0 bridgehead atoms. The van der Waals surface area contributed by atoms with Crippen LogP contribution in [0.4, 0.5) is 0 Å². The summed E-state index contributed by atoms with van der Waals surface area (Å²) in [5.74, 6) is -0.356. The lowest BCUT2D eigenvalue weighted by Crippen LogP contribution is -2.31. The Morgan fingerprint density at radius 3 is 2.95 bits per heavy atom. The van der Waals surface area contributed by atoms with E-state index in [-0.39, 0.29) is 30.0 Å². The van der Waals surface area contributed by atoms with E-state index in [0.717, 1.165) is 32.2 Å². The molecule has 0 N–H and O–H groups in total. The van der Waals surface area contributed by atoms with Gasteiger partial charge in [0.05, 0.1) is 12.5 Å². The smallest absolute Gasteiger partial charge is 0.226 e. The number of rotatable bonds is 5. The number of likely N-dealkylation sites (tertiary alicyclic amines) is 1. The lowest BCUT2D eigenvalue weighted by atomic mass is 9.86. The summed E-state index contributed by atoms with van der Waals surface area (Å²) in [4.78, 5) is 24.7. The van der Waals surface area contributed by atoms with Crippen LogP contribution in [0.3, 0.4) is 0 Å². The average Bonchev–Trinajstić information content (AvgIpc) is 2.72. The Morgan fingerprint density at radius 1 is 1.53 bits per heavy atom. The SMILES string of the molecule is CC(C=O)C1C(=O)N(C)CC1COC1CCCCO1. The third-order valence-corrected chi connectivity index (χ3v) is 4.09. The molecule has 5 heteroatoms. The summed E-state index contributed by atoms with van der Waals surface area (Å²) in [6.07, 6.45) is 3.87. The molecule has 0 radical (unpaired) electrons. The van der Waals surface area contributed by atoms with Crippen LogP contribution in [0.1, 0.15) is 26.2 Å². The van der Waals surface area contributed by atoms with Crippen LogP contribution in [-0.2, 0) is 19.1 Å². The van der Waals surface area contributed by atoms with E-state index < -0.39 is 0 Å². The summed E-state index contributed by atoms with van der Waals surface area (Å²) in [5, 5.41) is 0. The van der Waals surface area contributed by atoms with Crippen molar-refractivity contribution in [3.63, 3.8) is 0 Å². The molecular formula is C14H23NO4. The number of nitrogens with zero attached hydrogens (tertiary/aromatic N) is 1. The summed E-state index contributed by atoms with van der Waals surface area (Å²) in [7, 11) is 1.78. The molecule has 2 saturated heterocycles. The third kappa shape index (κ3) is 3.34. The van der Waals surface area contributed by atoms with Crippen LogP contribution in [0.5, 0.6) is 0 Å². The number of aldehydes is 1. The third-order valence-electron chi connectivity index (χ3n) is 4.09. The fourth-order valence-corrected chi connectivity index (χ4v) is 2.98. The zero-order valence-corrected chi connectivity index (χ0v) is 11.7. The monoisotopic (exact) mass is 269 g/mol. The van der Waals surface area contributed by atoms with Gasteiger partial charge in [-0.3, -0.25) is 4.79 Å². The lowest BCUT2D eigenvalue weighted by Gasteiger charge is -2.26. The van der Waals surface area contributed by atoms with E-state index in [1.54, 1.807) is 18.9 Å². The van der Waals surface area contributed by atoms with Crippen LogP contribution in [0.15, 0.2) is 0 Å². The lowest BCUT2D eigenvalue weighted by molar-refractivity contribution is -0.171. The summed E-state index contributed by atoms with van der Waals surface area (Å²) in [6, 6.07) is 0. The van der Waals surface area contributed by atoms with Crippen molar-refractivity contribution in [1.82, 2.24) is 4.90 Å². The zero-order chi connectivity index (χ0) is 13.8. The molecule has 0 aromatic rings. The van der Waals surface area contributed by atoms with Crippen molar-refractivity contribution in [3.8, 4) is 0 Å². The Bertz CT molecular complexity index is 327. The van der Waals surface area contributed by atoms with Gasteiger partial charge in [0.15, 0.2) is 6.29 Å². The maximum Gasteiger partial charge on any atom is 0.226 e. The van der Waals surface area contributed by atoms with Gasteiger partial charge in [-0.2, -0.15) is 0 Å². The minimum Gasteiger partial charge on any atom is -0.353 e. The molecular weight excluding hydrogens is 246 g/mol. The highest BCUT2D eigenvalue weighted by atomic mass is 16.7. The van der Waals surface area contributed by atoms with Crippen molar-refractivity contribution in [2.24, 2.45) is 17.8 Å². The van der Waals surface area contributed by atoms with Crippen molar-refractivity contribution in [3.05, 3.63) is 0 Å². The van der Waals surface area contributed by atoms with E-state index in [0.29, 0.717) is 13.2 Å². The van der Waals surface area contributed by atoms with E-state index >= 15 is 0 Å². The highest BCUT2D eigenvalue weighted by molar-refractivity contribution is 5.84. The normalized spacial score (nSPS) is 33.5. The number of hydrogen-bond donors (Lipinski definition) is 0. The summed E-state index contributed by atoms with van der Waals surface area (Å²) in [6.45, 7) is 3.71. The van der Waals surface area contributed by atoms with Gasteiger partial charge in [0, 0.05) is 32.0 Å². The molecule has 1 amide bonds. The minimum atomic E-state index is -0.252. The molecule has 0 saturated carbocycles. The van der Waals surface area contributed by atoms with Gasteiger partial charge in [0.2, 0.25) is 5.91 Å². The highest BCUT2D eigenvalue weighted by Gasteiger charge is 2.42. The first-order valence-corrected chi connectivity index (χ1v) is 7.07. The van der Waals surface area contributed by atoms with Crippen molar-refractivity contribution in [2.75, 3.05) is 26.8 Å². The molecule has 5 nitrogen and oxygen atoms in total. The minimum absolute atomic E-state index is 0.0535. The second-order valence-electron chi connectivity index (χ2n) is 5.63. The maximum absolute atomic E-state index is 12.0. The number of carbonyl (C=O) groups excluding carboxylic acids is 2. The van der Waals surface area contributed by atoms with E-state index in [1.165, 1.54) is 0 Å². The van der Waals surface area contributed by atoms with Gasteiger partial charge in [0.25, 0.3) is 0 Å². The van der Waals surface area contributed by atoms with Crippen LogP contribution in [0.2, 0.25) is 0 Å². The first-order valence-electron chi connectivity index (χ1n) is 7.07. The Kier molecular flexibility index (Phi) is 4.93. The second-order valence-corrected chi connectivity index (χ2v) is 5.63. The van der Waals surface area contributed by atoms with Crippen LogP contribution >= 0.6 is 0 Å². The Hall–Kier alpha value is -0.940. The van der Waals surface area contributed by atoms with E-state index in [4.69, 9.17) is 9.47 Å². The number of amides is 1. The summed E-state index contributed by atoms with van der Waals surface area (Å²) < 4.78 is 11.3. The Balaban J connectivity index is 1.90. The molecule has 2 fully saturated rings. The first kappa shape index (κ1) is 14.5. The molecule has 0 spiro atoms. The second kappa shape index (κ2) is 6.48. The van der Waals surface area contributed by atoms with Crippen molar-refractivity contribution >= 4 is 12.2 Å². The Labute approximate surface area is 114 Å². The van der Waals surface area contributed by atoms with Gasteiger partial charge >= 0.3 is 0 Å². The fourth-order valence-electron chi connectivity index (χ4n) is 2.98. The number of ether oxygens (including phenoxy) is 2. The molecule has 0 aliphatic carbocycles. The standard InChI is InChI=1S/C14H23NO4/c1-10(8-16)13-11(7-15(2)14(13)17)9-19-12-5-3-4-6-18-12/h8,10-13H,3-7,9H2,1-2H3. The number of hydrogen-bond acceptors (Lipinski definition) is 4. The van der Waals surface area contributed by atoms with Crippen LogP contribution in [0, 0.1) is 17.8 Å². The predicted octanol–water partition coefficient (Wildman–Crippen LogP) is 1.07. The Morgan fingerprint density at radius 2 is 2.32 bits per heavy atom. The van der Waals surface area contributed by atoms with Crippen molar-refractivity contribution in [2.45, 2.75) is 32.5 Å². The molecule has 0 aromatic heterocycles. The van der Waals surface area contributed by atoms with Crippen LogP contribution in [-0.4, -0.2) is 50.2 Å². The molecule has 0 aromatic carbocycles. The fraction of sp³-hybridized carbons (Fsp3) is 0.857. The van der Waals surface area contributed by atoms with Gasteiger partial charge in [-0.15, -0.1) is 0 Å². The summed E-state index contributed by atoms with van der Waals surface area (Å²) in [5.41, 5.74) is 0. The van der Waals surface area contributed by atoms with Crippen molar-refractivity contribution in [1.29, 1.82) is 0 Å². The molecule has 2 aliphatic rings. The van der Waals surface area contributed by atoms with Crippen LogP contribution in [0.25, 0.3) is 0 Å². The number of carbonyl (C=O) groups is 2. The van der Waals surface area contributed by atoms with E-state index in [2.05, 4.69) is 0 Å². The quantitative estimate of drug-likeness (QED) is 0.701. The zero-order valence-electron chi connectivity index (χ0n) is 11.7. The average molecular weight is 269 g/mol. The van der Waals surface area contributed by atoms with Gasteiger partial charge in [-0.25, -0.2) is 0 Å².